The van der Waals surface area contributed by atoms with Gasteiger partial charge in [0.05, 0.1) is 35.3 Å². The number of aromatic nitrogens is 6. The zero-order valence-electron chi connectivity index (χ0n) is 20.6. The number of nitrogens with one attached hydrogen (secondary N) is 2. The molecule has 194 valence electrons. The zero-order valence-corrected chi connectivity index (χ0v) is 20.6. The van der Waals surface area contributed by atoms with Crippen LogP contribution in [0.5, 0.6) is 0 Å². The topological polar surface area (TPSA) is 86.4 Å². The summed E-state index contributed by atoms with van der Waals surface area (Å²) in [4.78, 5) is 18.5. The van der Waals surface area contributed by atoms with Crippen LogP contribution in [0, 0.1) is 5.82 Å². The number of hydrogen-bond acceptors (Lipinski definition) is 5. The van der Waals surface area contributed by atoms with Gasteiger partial charge < -0.3 is 4.98 Å². The van der Waals surface area contributed by atoms with Gasteiger partial charge in [0.2, 0.25) is 0 Å². The van der Waals surface area contributed by atoms with Gasteiger partial charge in [-0.3, -0.25) is 25.0 Å². The summed E-state index contributed by atoms with van der Waals surface area (Å²) >= 11 is 0. The number of benzene rings is 1. The van der Waals surface area contributed by atoms with E-state index in [4.69, 9.17) is 0 Å². The molecule has 0 radical (unpaired) electrons. The van der Waals surface area contributed by atoms with Gasteiger partial charge in [0.1, 0.15) is 11.5 Å². The molecule has 1 aliphatic heterocycles. The quantitative estimate of drug-likeness (QED) is 0.280. The van der Waals surface area contributed by atoms with Gasteiger partial charge in [0.15, 0.2) is 0 Å². The Balaban J connectivity index is 1.25. The van der Waals surface area contributed by atoms with Gasteiger partial charge in [0, 0.05) is 65.5 Å². The van der Waals surface area contributed by atoms with Crippen LogP contribution in [0.25, 0.3) is 55.7 Å². The maximum Gasteiger partial charge on any atom is 0.261 e. The normalized spacial score (nSPS) is 15.5. The Hall–Kier alpha value is -4.57. The highest BCUT2D eigenvalue weighted by Gasteiger charge is 2.37. The van der Waals surface area contributed by atoms with Crippen LogP contribution in [0.15, 0.2) is 73.3 Å². The molecule has 7 nitrogen and oxygen atoms in total. The summed E-state index contributed by atoms with van der Waals surface area (Å²) in [6, 6.07) is 14.2. The molecule has 10 heteroatoms. The number of nitrogens with zero attached hydrogens (tertiary/aromatic N) is 5. The molecule has 0 unspecified atom stereocenters. The van der Waals surface area contributed by atoms with E-state index in [0.29, 0.717) is 35.7 Å². The Morgan fingerprint density at radius 2 is 1.79 bits per heavy atom. The van der Waals surface area contributed by atoms with Crippen LogP contribution >= 0.6 is 0 Å². The molecule has 1 aliphatic rings. The fraction of sp³-hybridized carbons (Fsp3) is 0.172. The van der Waals surface area contributed by atoms with E-state index in [1.807, 2.05) is 24.3 Å². The second-order valence-corrected chi connectivity index (χ2v) is 9.87. The Morgan fingerprint density at radius 3 is 2.64 bits per heavy atom. The zero-order chi connectivity index (χ0) is 26.6. The van der Waals surface area contributed by atoms with E-state index in [1.54, 1.807) is 47.9 Å². The van der Waals surface area contributed by atoms with Crippen molar-refractivity contribution in [1.82, 2.24) is 35.0 Å². The van der Waals surface area contributed by atoms with E-state index in [0.717, 1.165) is 38.6 Å². The largest absolute Gasteiger partial charge is 0.353 e. The molecule has 5 aromatic heterocycles. The molecular weight excluding hydrogens is 503 g/mol. The van der Waals surface area contributed by atoms with Crippen molar-refractivity contribution >= 4 is 21.8 Å². The first kappa shape index (κ1) is 23.5. The fourth-order valence-electron chi connectivity index (χ4n) is 5.24. The smallest absolute Gasteiger partial charge is 0.261 e. The maximum atomic E-state index is 14.6. The lowest BCUT2D eigenvalue weighted by Gasteiger charge is -2.15. The van der Waals surface area contributed by atoms with Gasteiger partial charge >= 0.3 is 0 Å². The summed E-state index contributed by atoms with van der Waals surface area (Å²) in [6.07, 6.45) is 6.66. The SMILES string of the molecule is Fc1ccccc1-c1nccc2[nH]c(-c3n[nH]c4cnc(-c5cncc(CN6CCC(F)(F)C6)c5)cc34)cc12. The van der Waals surface area contributed by atoms with E-state index in [9.17, 15) is 13.2 Å². The number of fused-ring (bicyclic) bond motifs is 2. The van der Waals surface area contributed by atoms with Crippen molar-refractivity contribution in [3.8, 4) is 33.9 Å². The first-order valence-corrected chi connectivity index (χ1v) is 12.6. The lowest BCUT2D eigenvalue weighted by atomic mass is 10.1. The maximum absolute atomic E-state index is 14.6. The Kier molecular flexibility index (Phi) is 5.44. The highest BCUT2D eigenvalue weighted by atomic mass is 19.3. The third kappa shape index (κ3) is 4.32. The highest BCUT2D eigenvalue weighted by Crippen LogP contribution is 2.35. The molecule has 2 N–H and O–H groups in total. The highest BCUT2D eigenvalue weighted by molar-refractivity contribution is 6.00. The molecule has 0 amide bonds. The van der Waals surface area contributed by atoms with Gasteiger partial charge in [-0.25, -0.2) is 13.2 Å². The number of likely N-dealkylation sites (tertiary alicyclic amines) is 1. The van der Waals surface area contributed by atoms with Crippen molar-refractivity contribution in [1.29, 1.82) is 0 Å². The van der Waals surface area contributed by atoms with Crippen LogP contribution in [-0.4, -0.2) is 54.0 Å². The first-order chi connectivity index (χ1) is 18.9. The van der Waals surface area contributed by atoms with Crippen LogP contribution < -0.4 is 0 Å². The molecule has 1 aromatic carbocycles. The van der Waals surface area contributed by atoms with E-state index < -0.39 is 5.92 Å². The molecule has 6 aromatic rings. The van der Waals surface area contributed by atoms with E-state index in [2.05, 4.69) is 30.1 Å². The Labute approximate surface area is 220 Å². The minimum Gasteiger partial charge on any atom is -0.353 e. The summed E-state index contributed by atoms with van der Waals surface area (Å²) < 4.78 is 41.8. The summed E-state index contributed by atoms with van der Waals surface area (Å²) in [7, 11) is 0. The van der Waals surface area contributed by atoms with Gasteiger partial charge in [-0.2, -0.15) is 5.10 Å². The van der Waals surface area contributed by atoms with Crippen LogP contribution in [0.3, 0.4) is 0 Å². The predicted molar refractivity (Wildman–Crippen MR) is 142 cm³/mol. The molecule has 0 atom stereocenters. The molecule has 1 fully saturated rings. The summed E-state index contributed by atoms with van der Waals surface area (Å²) in [5.41, 5.74) is 6.31. The molecule has 0 aliphatic carbocycles. The van der Waals surface area contributed by atoms with E-state index in [1.165, 1.54) is 6.07 Å². The van der Waals surface area contributed by atoms with Gasteiger partial charge in [-0.05, 0) is 42.0 Å². The standard InChI is InChI=1S/C29H22F3N7/c30-22-4-2-1-3-19(22)27-20-11-25(36-23(20)5-7-34-27)28-21-10-24(35-14-26(21)37-38-28)18-9-17(12-33-13-18)15-39-8-6-29(31,32)16-39/h1-5,7,9-14,36H,6,8,15-16H2,(H,37,38). The number of aromatic amines is 2. The van der Waals surface area contributed by atoms with Crippen molar-refractivity contribution in [2.75, 3.05) is 13.1 Å². The molecule has 1 saturated heterocycles. The molecule has 39 heavy (non-hydrogen) atoms. The van der Waals surface area contributed by atoms with Gasteiger partial charge in [-0.15, -0.1) is 0 Å². The van der Waals surface area contributed by atoms with Gasteiger partial charge in [0.25, 0.3) is 5.92 Å². The summed E-state index contributed by atoms with van der Waals surface area (Å²) in [6.45, 7) is 0.528. The summed E-state index contributed by atoms with van der Waals surface area (Å²) in [5.74, 6) is -2.97. The molecular formula is C29H22F3N7. The monoisotopic (exact) mass is 525 g/mol. The molecule has 6 heterocycles. The average molecular weight is 526 g/mol. The predicted octanol–water partition coefficient (Wildman–Crippen LogP) is 6.21. The molecule has 7 rings (SSSR count). The minimum atomic E-state index is -2.63. The molecule has 0 saturated carbocycles. The van der Waals surface area contributed by atoms with Crippen LogP contribution in [0.2, 0.25) is 0 Å². The van der Waals surface area contributed by atoms with Crippen LogP contribution in [-0.2, 0) is 6.54 Å². The lowest BCUT2D eigenvalue weighted by Crippen LogP contribution is -2.24. The fourth-order valence-corrected chi connectivity index (χ4v) is 5.24. The third-order valence-corrected chi connectivity index (χ3v) is 7.13. The van der Waals surface area contributed by atoms with E-state index >= 15 is 0 Å². The van der Waals surface area contributed by atoms with Crippen molar-refractivity contribution in [3.05, 3.63) is 84.7 Å². The van der Waals surface area contributed by atoms with E-state index in [-0.39, 0.29) is 18.8 Å². The van der Waals surface area contributed by atoms with Crippen molar-refractivity contribution in [3.63, 3.8) is 0 Å². The number of halogens is 3. The number of alkyl halides is 2. The lowest BCUT2D eigenvalue weighted by molar-refractivity contribution is 0.0115. The van der Waals surface area contributed by atoms with Gasteiger partial charge in [-0.1, -0.05) is 12.1 Å². The van der Waals surface area contributed by atoms with Crippen molar-refractivity contribution in [2.24, 2.45) is 0 Å². The number of rotatable bonds is 5. The Morgan fingerprint density at radius 1 is 0.923 bits per heavy atom. The second kappa shape index (κ2) is 9.02. The third-order valence-electron chi connectivity index (χ3n) is 7.13. The number of hydrogen-bond donors (Lipinski definition) is 2. The molecule has 0 bridgehead atoms. The van der Waals surface area contributed by atoms with Crippen LogP contribution in [0.4, 0.5) is 13.2 Å². The second-order valence-electron chi connectivity index (χ2n) is 9.87. The Bertz CT molecular complexity index is 1840. The summed E-state index contributed by atoms with van der Waals surface area (Å²) in [5, 5.41) is 9.19. The van der Waals surface area contributed by atoms with Crippen molar-refractivity contribution < 1.29 is 13.2 Å². The van der Waals surface area contributed by atoms with Crippen LogP contribution in [0.1, 0.15) is 12.0 Å². The number of H-pyrrole nitrogens is 2. The first-order valence-electron chi connectivity index (χ1n) is 12.6. The number of pyridine rings is 3. The minimum absolute atomic E-state index is 0.118. The van der Waals surface area contributed by atoms with Crippen molar-refractivity contribution in [2.45, 2.75) is 18.9 Å². The average Bonchev–Trinajstić information content (AvgIpc) is 3.64. The molecule has 0 spiro atoms.